The number of carbonyl (C=O) groups excluding carboxylic acids is 1. The zero-order valence-corrected chi connectivity index (χ0v) is 10.4. The van der Waals surface area contributed by atoms with E-state index in [1.165, 1.54) is 6.42 Å². The van der Waals surface area contributed by atoms with Gasteiger partial charge in [0.1, 0.15) is 5.82 Å². The average molecular weight is 244 g/mol. The predicted molar refractivity (Wildman–Crippen MR) is 67.8 cm³/mol. The maximum absolute atomic E-state index is 11.0. The number of nitrogens with zero attached hydrogens (tertiary/aromatic N) is 4. The number of hydrogen-bond donors (Lipinski definition) is 0. The summed E-state index contributed by atoms with van der Waals surface area (Å²) >= 11 is 0. The van der Waals surface area contributed by atoms with Crippen LogP contribution in [-0.2, 0) is 0 Å². The zero-order valence-electron chi connectivity index (χ0n) is 10.4. The molecule has 1 saturated heterocycles. The molecule has 1 fully saturated rings. The third-order valence-corrected chi connectivity index (χ3v) is 3.61. The molecule has 0 spiro atoms. The van der Waals surface area contributed by atoms with E-state index in [1.807, 2.05) is 16.7 Å². The molecule has 5 heteroatoms. The van der Waals surface area contributed by atoms with E-state index in [9.17, 15) is 4.79 Å². The van der Waals surface area contributed by atoms with Crippen LogP contribution in [0.3, 0.4) is 0 Å². The van der Waals surface area contributed by atoms with Gasteiger partial charge in [-0.3, -0.25) is 9.20 Å². The van der Waals surface area contributed by atoms with Crippen molar-refractivity contribution in [1.29, 1.82) is 0 Å². The van der Waals surface area contributed by atoms with E-state index in [2.05, 4.69) is 22.1 Å². The summed E-state index contributed by atoms with van der Waals surface area (Å²) in [5.74, 6) is 1.38. The van der Waals surface area contributed by atoms with Crippen LogP contribution >= 0.6 is 0 Å². The van der Waals surface area contributed by atoms with Gasteiger partial charge < -0.3 is 4.90 Å². The van der Waals surface area contributed by atoms with Crippen LogP contribution in [0.1, 0.15) is 34.9 Å². The van der Waals surface area contributed by atoms with Gasteiger partial charge in [-0.2, -0.15) is 0 Å². The summed E-state index contributed by atoms with van der Waals surface area (Å²) in [6.45, 7) is 2.15. The van der Waals surface area contributed by atoms with Gasteiger partial charge in [-0.05, 0) is 38.6 Å². The molecule has 3 heterocycles. The quantitative estimate of drug-likeness (QED) is 0.748. The highest BCUT2D eigenvalue weighted by Crippen LogP contribution is 2.25. The smallest absolute Gasteiger partial charge is 0.171 e. The van der Waals surface area contributed by atoms with Crippen molar-refractivity contribution in [3.63, 3.8) is 0 Å². The van der Waals surface area contributed by atoms with Crippen LogP contribution in [0.4, 0.5) is 0 Å². The molecule has 1 atom stereocenters. The lowest BCUT2D eigenvalue weighted by atomic mass is 9.98. The molecule has 1 aliphatic heterocycles. The number of fused-ring (bicyclic) bond motifs is 1. The van der Waals surface area contributed by atoms with Gasteiger partial charge in [-0.1, -0.05) is 0 Å². The normalized spacial score (nSPS) is 21.3. The molecule has 0 aromatic carbocycles. The van der Waals surface area contributed by atoms with E-state index in [0.29, 0.717) is 17.1 Å². The van der Waals surface area contributed by atoms with Crippen LogP contribution in [0.5, 0.6) is 0 Å². The van der Waals surface area contributed by atoms with Gasteiger partial charge in [0.15, 0.2) is 11.9 Å². The number of aldehydes is 1. The first-order chi connectivity index (χ1) is 8.79. The average Bonchev–Trinajstić information content (AvgIpc) is 2.82. The van der Waals surface area contributed by atoms with E-state index in [0.717, 1.165) is 31.6 Å². The highest BCUT2D eigenvalue weighted by atomic mass is 16.1. The number of piperidine rings is 1. The first-order valence-electron chi connectivity index (χ1n) is 6.27. The SMILES string of the molecule is CN1CCCC(c2nnc3c(C=O)cccn23)C1. The Labute approximate surface area is 105 Å². The van der Waals surface area contributed by atoms with E-state index in [1.54, 1.807) is 6.07 Å². The third kappa shape index (κ3) is 1.80. The van der Waals surface area contributed by atoms with E-state index >= 15 is 0 Å². The molecule has 0 amide bonds. The summed E-state index contributed by atoms with van der Waals surface area (Å²) in [5.41, 5.74) is 1.26. The molecule has 18 heavy (non-hydrogen) atoms. The molecular formula is C13H16N4O. The number of likely N-dealkylation sites (tertiary alicyclic amines) is 1. The van der Waals surface area contributed by atoms with Crippen molar-refractivity contribution in [2.75, 3.05) is 20.1 Å². The molecule has 0 saturated carbocycles. The number of hydrogen-bond acceptors (Lipinski definition) is 4. The highest BCUT2D eigenvalue weighted by Gasteiger charge is 2.23. The molecule has 94 valence electrons. The number of pyridine rings is 1. The first kappa shape index (κ1) is 11.3. The molecule has 0 aliphatic carbocycles. The highest BCUT2D eigenvalue weighted by molar-refractivity contribution is 5.83. The molecule has 0 N–H and O–H groups in total. The maximum atomic E-state index is 11.0. The van der Waals surface area contributed by atoms with E-state index in [-0.39, 0.29) is 0 Å². The van der Waals surface area contributed by atoms with Gasteiger partial charge >= 0.3 is 0 Å². The summed E-state index contributed by atoms with van der Waals surface area (Å²) in [4.78, 5) is 13.3. The minimum Gasteiger partial charge on any atom is -0.306 e. The Balaban J connectivity index is 2.04. The Morgan fingerprint density at radius 3 is 3.11 bits per heavy atom. The second-order valence-corrected chi connectivity index (χ2v) is 4.93. The van der Waals surface area contributed by atoms with Crippen molar-refractivity contribution < 1.29 is 4.79 Å². The summed E-state index contributed by atoms with van der Waals surface area (Å²) in [7, 11) is 2.13. The standard InChI is InChI=1S/C13H16N4O/c1-16-6-2-4-10(8-16)12-14-15-13-11(9-18)5-3-7-17(12)13/h3,5,7,9-10H,2,4,6,8H2,1H3. The van der Waals surface area contributed by atoms with Gasteiger partial charge in [-0.15, -0.1) is 10.2 Å². The Bertz CT molecular complexity index is 577. The Morgan fingerprint density at radius 2 is 2.33 bits per heavy atom. The van der Waals surface area contributed by atoms with Crippen LogP contribution in [-0.4, -0.2) is 45.9 Å². The fourth-order valence-corrected chi connectivity index (χ4v) is 2.70. The number of aromatic nitrogens is 3. The lowest BCUT2D eigenvalue weighted by molar-refractivity contribution is 0.112. The van der Waals surface area contributed by atoms with E-state index in [4.69, 9.17) is 0 Å². The lowest BCUT2D eigenvalue weighted by Crippen LogP contribution is -2.31. The van der Waals surface area contributed by atoms with Crippen molar-refractivity contribution in [1.82, 2.24) is 19.5 Å². The predicted octanol–water partition coefficient (Wildman–Crippen LogP) is 1.35. The molecule has 1 unspecified atom stereocenters. The second kappa shape index (κ2) is 4.49. The van der Waals surface area contributed by atoms with Gasteiger partial charge in [0.05, 0.1) is 5.56 Å². The van der Waals surface area contributed by atoms with Crippen molar-refractivity contribution in [2.24, 2.45) is 0 Å². The number of carbonyl (C=O) groups is 1. The molecular weight excluding hydrogens is 228 g/mol. The van der Waals surface area contributed by atoms with Crippen molar-refractivity contribution in [2.45, 2.75) is 18.8 Å². The van der Waals surface area contributed by atoms with Crippen LogP contribution < -0.4 is 0 Å². The molecule has 1 aliphatic rings. The Morgan fingerprint density at radius 1 is 1.44 bits per heavy atom. The van der Waals surface area contributed by atoms with Gasteiger partial charge in [0, 0.05) is 18.7 Å². The lowest BCUT2D eigenvalue weighted by Gasteiger charge is -2.28. The minimum atomic E-state index is 0.403. The first-order valence-corrected chi connectivity index (χ1v) is 6.27. The number of rotatable bonds is 2. The Kier molecular flexibility index (Phi) is 2.83. The Hall–Kier alpha value is -1.75. The summed E-state index contributed by atoms with van der Waals surface area (Å²) in [6.07, 6.45) is 5.09. The number of likely N-dealkylation sites (N-methyl/N-ethyl adjacent to an activating group) is 1. The second-order valence-electron chi connectivity index (χ2n) is 4.93. The molecule has 0 bridgehead atoms. The van der Waals surface area contributed by atoms with Crippen molar-refractivity contribution >= 4 is 11.9 Å². The minimum absolute atomic E-state index is 0.403. The largest absolute Gasteiger partial charge is 0.306 e. The van der Waals surface area contributed by atoms with Crippen LogP contribution in [0, 0.1) is 0 Å². The summed E-state index contributed by atoms with van der Waals surface area (Å²) in [6, 6.07) is 3.64. The molecule has 2 aromatic heterocycles. The molecule has 0 radical (unpaired) electrons. The van der Waals surface area contributed by atoms with E-state index < -0.39 is 0 Å². The summed E-state index contributed by atoms with van der Waals surface area (Å²) < 4.78 is 1.95. The monoisotopic (exact) mass is 244 g/mol. The van der Waals surface area contributed by atoms with Crippen LogP contribution in [0.15, 0.2) is 18.3 Å². The van der Waals surface area contributed by atoms with Gasteiger partial charge in [0.2, 0.25) is 0 Å². The fraction of sp³-hybridized carbons (Fsp3) is 0.462. The molecule has 5 nitrogen and oxygen atoms in total. The maximum Gasteiger partial charge on any atom is 0.171 e. The zero-order chi connectivity index (χ0) is 12.5. The van der Waals surface area contributed by atoms with Crippen molar-refractivity contribution in [3.8, 4) is 0 Å². The van der Waals surface area contributed by atoms with Gasteiger partial charge in [0.25, 0.3) is 0 Å². The molecule has 3 rings (SSSR count). The van der Waals surface area contributed by atoms with Gasteiger partial charge in [-0.25, -0.2) is 0 Å². The topological polar surface area (TPSA) is 50.5 Å². The van der Waals surface area contributed by atoms with Crippen LogP contribution in [0.25, 0.3) is 5.65 Å². The fourth-order valence-electron chi connectivity index (χ4n) is 2.70. The van der Waals surface area contributed by atoms with Crippen molar-refractivity contribution in [3.05, 3.63) is 29.7 Å². The van der Waals surface area contributed by atoms with Crippen LogP contribution in [0.2, 0.25) is 0 Å². The molecule has 2 aromatic rings. The summed E-state index contributed by atoms with van der Waals surface area (Å²) in [5, 5.41) is 8.44. The third-order valence-electron chi connectivity index (χ3n) is 3.61.